The van der Waals surface area contributed by atoms with E-state index in [1.54, 1.807) is 0 Å². The highest BCUT2D eigenvalue weighted by molar-refractivity contribution is 6.76. The van der Waals surface area contributed by atoms with Gasteiger partial charge in [0.05, 0.1) is 11.4 Å². The molecule has 0 atom stereocenters. The first kappa shape index (κ1) is 24.1. The van der Waals surface area contributed by atoms with Crippen molar-refractivity contribution in [2.45, 2.75) is 78.2 Å². The van der Waals surface area contributed by atoms with E-state index in [9.17, 15) is 0 Å². The number of hydrogen-bond donors (Lipinski definition) is 0. The first-order chi connectivity index (χ1) is 12.0. The summed E-state index contributed by atoms with van der Waals surface area (Å²) in [4.78, 5) is 0. The fourth-order valence-corrected chi connectivity index (χ4v) is 3.34. The van der Waals surface area contributed by atoms with E-state index in [1.807, 2.05) is 0 Å². The van der Waals surface area contributed by atoms with Crippen molar-refractivity contribution in [2.75, 3.05) is 21.1 Å². The normalized spacial score (nSPS) is 19.5. The van der Waals surface area contributed by atoms with Crippen molar-refractivity contribution < 1.29 is 0 Å². The molecule has 1 aliphatic carbocycles. The van der Waals surface area contributed by atoms with Crippen LogP contribution < -0.4 is 0 Å². The average Bonchev–Trinajstić information content (AvgIpc) is 2.47. The van der Waals surface area contributed by atoms with Crippen LogP contribution in [0.3, 0.4) is 0 Å². The molecule has 156 valence electrons. The van der Waals surface area contributed by atoms with E-state index in [1.165, 1.54) is 0 Å². The Kier molecular flexibility index (Phi) is 7.68. The molecule has 0 unspecified atom stereocenters. The molecule has 1 saturated carbocycles. The van der Waals surface area contributed by atoms with Crippen LogP contribution in [-0.2, 0) is 0 Å². The summed E-state index contributed by atoms with van der Waals surface area (Å²) in [7, 11) is 1.81. The molecule has 1 fully saturated rings. The van der Waals surface area contributed by atoms with Gasteiger partial charge in [0.25, 0.3) is 0 Å². The van der Waals surface area contributed by atoms with Crippen LogP contribution in [-0.4, -0.2) is 77.0 Å². The number of rotatable bonds is 6. The largest absolute Gasteiger partial charge is 0.327 e. The van der Waals surface area contributed by atoms with Gasteiger partial charge in [0, 0.05) is 21.1 Å². The highest BCUT2D eigenvalue weighted by Gasteiger charge is 2.29. The first-order valence-corrected chi connectivity index (χ1v) is 20.3. The van der Waals surface area contributed by atoms with Gasteiger partial charge in [0.1, 0.15) is 5.71 Å². The second-order valence-corrected chi connectivity index (χ2v) is 25.4. The Morgan fingerprint density at radius 1 is 0.556 bits per heavy atom. The molecule has 6 nitrogen and oxygen atoms in total. The van der Waals surface area contributed by atoms with Gasteiger partial charge in [-0.2, -0.15) is 15.3 Å². The Labute approximate surface area is 170 Å². The molecule has 0 aromatic heterocycles. The Morgan fingerprint density at radius 3 is 1.15 bits per heavy atom. The average molecular weight is 427 g/mol. The second kappa shape index (κ2) is 8.61. The van der Waals surface area contributed by atoms with Gasteiger partial charge in [-0.15, -0.1) is 0 Å². The molecule has 0 radical (unpaired) electrons. The molecular weight excluding hydrogens is 384 g/mol. The molecule has 0 spiro atoms. The summed E-state index contributed by atoms with van der Waals surface area (Å²) < 4.78 is 6.57. The van der Waals surface area contributed by atoms with Crippen LogP contribution in [0.15, 0.2) is 15.3 Å². The van der Waals surface area contributed by atoms with Crippen molar-refractivity contribution in [3.63, 3.8) is 0 Å². The standard InChI is InChI=1S/C18H42N6Si3/c1-22(25(4,5)6)19-16-14-13-15-17(20-23(2)26(7,8)9)18(16)21-24(3)27(10,11)12/h13-15H2,1-12H3. The summed E-state index contributed by atoms with van der Waals surface area (Å²) in [6, 6.07) is 0. The van der Waals surface area contributed by atoms with E-state index < -0.39 is 24.7 Å². The van der Waals surface area contributed by atoms with Crippen molar-refractivity contribution in [3.8, 4) is 0 Å². The van der Waals surface area contributed by atoms with Gasteiger partial charge >= 0.3 is 0 Å². The smallest absolute Gasteiger partial charge is 0.169 e. The predicted octanol–water partition coefficient (Wildman–Crippen LogP) is 4.54. The van der Waals surface area contributed by atoms with Crippen LogP contribution in [0.2, 0.25) is 58.9 Å². The molecule has 0 bridgehead atoms. The molecule has 0 aromatic carbocycles. The molecule has 0 N–H and O–H groups in total. The summed E-state index contributed by atoms with van der Waals surface area (Å²) in [6.07, 6.45) is 3.04. The van der Waals surface area contributed by atoms with E-state index in [-0.39, 0.29) is 0 Å². The van der Waals surface area contributed by atoms with Gasteiger partial charge in [0.2, 0.25) is 0 Å². The molecule has 1 aliphatic rings. The maximum Gasteiger partial charge on any atom is 0.169 e. The highest BCUT2D eigenvalue weighted by atomic mass is 28.3. The van der Waals surface area contributed by atoms with Crippen LogP contribution in [0.1, 0.15) is 19.3 Å². The molecule has 0 heterocycles. The molecule has 27 heavy (non-hydrogen) atoms. The van der Waals surface area contributed by atoms with Gasteiger partial charge in [-0.25, -0.2) is 0 Å². The third-order valence-corrected chi connectivity index (χ3v) is 11.2. The molecule has 0 saturated heterocycles. The van der Waals surface area contributed by atoms with Crippen LogP contribution in [0.5, 0.6) is 0 Å². The number of hydrazone groups is 3. The predicted molar refractivity (Wildman–Crippen MR) is 129 cm³/mol. The minimum atomic E-state index is -1.53. The number of hydrogen-bond acceptors (Lipinski definition) is 6. The van der Waals surface area contributed by atoms with Crippen LogP contribution in [0.25, 0.3) is 0 Å². The van der Waals surface area contributed by atoms with Gasteiger partial charge in [0.15, 0.2) is 24.7 Å². The topological polar surface area (TPSA) is 46.8 Å². The van der Waals surface area contributed by atoms with Crippen LogP contribution in [0, 0.1) is 0 Å². The minimum Gasteiger partial charge on any atom is -0.327 e. The molecule has 0 aliphatic heterocycles. The quantitative estimate of drug-likeness (QED) is 0.463. The van der Waals surface area contributed by atoms with E-state index >= 15 is 0 Å². The van der Waals surface area contributed by atoms with E-state index in [4.69, 9.17) is 15.3 Å². The lowest BCUT2D eigenvalue weighted by atomic mass is 9.94. The summed E-state index contributed by atoms with van der Waals surface area (Å²) in [6.45, 7) is 20.9. The SMILES string of the molecule is CN(N=C1CCCC(=NN(C)[Si](C)(C)C)C1=NN(C)[Si](C)(C)C)[Si](C)(C)C. The van der Waals surface area contributed by atoms with Crippen molar-refractivity contribution in [2.24, 2.45) is 15.3 Å². The summed E-state index contributed by atoms with van der Waals surface area (Å²) in [5.41, 5.74) is 3.19. The number of nitrogens with zero attached hydrogens (tertiary/aromatic N) is 6. The Morgan fingerprint density at radius 2 is 0.852 bits per heavy atom. The third-order valence-electron chi connectivity index (χ3n) is 5.08. The third kappa shape index (κ3) is 7.19. The van der Waals surface area contributed by atoms with Gasteiger partial charge in [-0.3, -0.25) is 0 Å². The Hall–Kier alpha value is -0.939. The highest BCUT2D eigenvalue weighted by Crippen LogP contribution is 2.19. The lowest BCUT2D eigenvalue weighted by Crippen LogP contribution is -2.45. The van der Waals surface area contributed by atoms with Crippen molar-refractivity contribution in [1.82, 2.24) is 14.0 Å². The monoisotopic (exact) mass is 426 g/mol. The fourth-order valence-electron chi connectivity index (χ4n) is 2.10. The van der Waals surface area contributed by atoms with E-state index in [2.05, 4.69) is 94.1 Å². The Bertz CT molecular complexity index is 568. The lowest BCUT2D eigenvalue weighted by molar-refractivity contribution is 0.536. The van der Waals surface area contributed by atoms with Gasteiger partial charge < -0.3 is 14.0 Å². The zero-order valence-corrected chi connectivity index (χ0v) is 22.8. The molecule has 0 amide bonds. The lowest BCUT2D eigenvalue weighted by Gasteiger charge is -2.33. The van der Waals surface area contributed by atoms with Crippen molar-refractivity contribution in [1.29, 1.82) is 0 Å². The zero-order chi connectivity index (χ0) is 21.2. The van der Waals surface area contributed by atoms with Crippen LogP contribution in [0.4, 0.5) is 0 Å². The van der Waals surface area contributed by atoms with E-state index in [0.717, 1.165) is 36.4 Å². The van der Waals surface area contributed by atoms with Gasteiger partial charge in [-0.05, 0) is 19.3 Å². The molecular formula is C18H42N6Si3. The first-order valence-electron chi connectivity index (χ1n) is 9.99. The fraction of sp³-hybridized carbons (Fsp3) is 0.833. The zero-order valence-electron chi connectivity index (χ0n) is 19.8. The van der Waals surface area contributed by atoms with E-state index in [0.29, 0.717) is 0 Å². The molecule has 0 aromatic rings. The van der Waals surface area contributed by atoms with Crippen molar-refractivity contribution >= 4 is 41.8 Å². The maximum absolute atomic E-state index is 5.07. The van der Waals surface area contributed by atoms with Gasteiger partial charge in [-0.1, -0.05) is 58.9 Å². The molecule has 9 heteroatoms. The summed E-state index contributed by atoms with van der Waals surface area (Å²) in [5, 5.41) is 15.1. The van der Waals surface area contributed by atoms with Crippen molar-refractivity contribution in [3.05, 3.63) is 0 Å². The Balaban J connectivity index is 3.45. The summed E-state index contributed by atoms with van der Waals surface area (Å²) in [5.74, 6) is 0. The summed E-state index contributed by atoms with van der Waals surface area (Å²) >= 11 is 0. The maximum atomic E-state index is 5.07. The second-order valence-electron chi connectivity index (χ2n) is 10.5. The minimum absolute atomic E-state index is 0.975. The molecule has 1 rings (SSSR count). The van der Waals surface area contributed by atoms with Crippen LogP contribution >= 0.6 is 0 Å².